The van der Waals surface area contributed by atoms with Crippen molar-refractivity contribution in [1.29, 1.82) is 0 Å². The highest BCUT2D eigenvalue weighted by molar-refractivity contribution is 7.91. The summed E-state index contributed by atoms with van der Waals surface area (Å²) in [4.78, 5) is 63.3. The summed E-state index contributed by atoms with van der Waals surface area (Å²) in [7, 11) is -4.61. The number of ether oxygens (including phenoxy) is 4. The second-order valence-electron chi connectivity index (χ2n) is 31.8. The van der Waals surface area contributed by atoms with E-state index in [1.54, 1.807) is 60.3 Å². The molecule has 6 heterocycles. The van der Waals surface area contributed by atoms with Crippen molar-refractivity contribution in [2.24, 2.45) is 35.5 Å². The SMILES string of the molecule is CN1CC[C@@H]2CCO[C@@H](C2)[C@@H]2CC[C@H]2CN2C[C@@]3(CCCc4cc(Cl)ccc43)COc3ccc(cc32)[C@@](O)(C(=O)NS(=O)(=O)C2CC2)CC1=O.CN1CC[C@@H]2CCO[C@@H](C2)[C@@H]2CC[C@H]2CN2C[C@@]3(CCCc4cc(Cl)ccc43)COc3ccc(cc32)[C@](O)(C(=O)NS(=O)(=O)C2CC2)CC1=O. The lowest BCUT2D eigenvalue weighted by Crippen LogP contribution is -2.51. The summed E-state index contributed by atoms with van der Waals surface area (Å²) in [5, 5.41) is 24.8. The number of aryl methyl sites for hydroxylation is 2. The minimum Gasteiger partial charge on any atom is -0.490 e. The van der Waals surface area contributed by atoms with Gasteiger partial charge in [-0.1, -0.05) is 47.5 Å². The monoisotopic (exact) mass is 1450 g/mol. The van der Waals surface area contributed by atoms with Gasteiger partial charge in [-0.2, -0.15) is 0 Å². The fourth-order valence-corrected chi connectivity index (χ4v) is 21.6. The van der Waals surface area contributed by atoms with E-state index in [4.69, 9.17) is 42.1 Å². The lowest BCUT2D eigenvalue weighted by atomic mass is 9.67. The van der Waals surface area contributed by atoms with Gasteiger partial charge in [0, 0.05) is 87.5 Å². The lowest BCUT2D eigenvalue weighted by Gasteiger charge is -2.48. The molecule has 16 rings (SSSR count). The molecule has 0 aromatic heterocycles. The van der Waals surface area contributed by atoms with Crippen LogP contribution in [0.3, 0.4) is 0 Å². The molecular formula is C76H96Cl2N6O14S2. The molecule has 4 amide bonds. The molecule has 2 saturated heterocycles. The van der Waals surface area contributed by atoms with Gasteiger partial charge in [0.1, 0.15) is 11.5 Å². The summed E-state index contributed by atoms with van der Waals surface area (Å²) in [6.07, 6.45) is 16.6. The Bertz CT molecular complexity index is 3830. The number of carbonyl (C=O) groups excluding carboxylic acids is 4. The van der Waals surface area contributed by atoms with Gasteiger partial charge in [0.2, 0.25) is 31.9 Å². The zero-order valence-electron chi connectivity index (χ0n) is 57.5. The standard InChI is InChI=1S/2C38H48ClN3O7S/c2*1-41-15-12-24-13-16-48-34(17-24)30-9-4-26(30)21-42-22-37(14-2-3-25-18-28(39)6-10-31(25)37)23-49-33-11-5-27(19-32(33)42)38(45,20-35(41)43)36(44)40-50(46,47)29-7-8-29/h2*5-6,10-11,18-19,24,26,29-30,34,45H,2-4,7-9,12-17,20-23H2,1H3,(H,40,44)/t24-,26+,30-,34+,37+,38+;24-,26+,30-,34+,37+,38-/m11/s1. The van der Waals surface area contributed by atoms with Crippen molar-refractivity contribution < 1.29 is 65.2 Å². The summed E-state index contributed by atoms with van der Waals surface area (Å²) in [5.41, 5.74) is 1.29. The van der Waals surface area contributed by atoms with Crippen LogP contribution in [-0.4, -0.2) is 163 Å². The Kier molecular flexibility index (Phi) is 19.2. The third-order valence-corrected chi connectivity index (χ3v) is 29.4. The predicted molar refractivity (Wildman–Crippen MR) is 379 cm³/mol. The number of fused-ring (bicyclic) bond motifs is 14. The van der Waals surface area contributed by atoms with E-state index in [-0.39, 0.29) is 34.2 Å². The number of carbonyl (C=O) groups is 4. The van der Waals surface area contributed by atoms with Crippen LogP contribution in [0.2, 0.25) is 10.0 Å². The maximum absolute atomic E-state index is 14.0. The van der Waals surface area contributed by atoms with Crippen molar-refractivity contribution in [1.82, 2.24) is 19.2 Å². The van der Waals surface area contributed by atoms with Gasteiger partial charge in [-0.3, -0.25) is 28.6 Å². The molecule has 12 atom stereocenters. The van der Waals surface area contributed by atoms with Crippen LogP contribution in [0.1, 0.15) is 162 Å². The van der Waals surface area contributed by atoms with Crippen LogP contribution in [0, 0.1) is 35.5 Å². The van der Waals surface area contributed by atoms with E-state index in [9.17, 15) is 46.2 Å². The van der Waals surface area contributed by atoms with Crippen molar-refractivity contribution in [3.8, 4) is 11.5 Å². The van der Waals surface area contributed by atoms with Gasteiger partial charge in [-0.15, -0.1) is 0 Å². The van der Waals surface area contributed by atoms with E-state index < -0.39 is 78.2 Å². The number of nitrogens with one attached hydrogen (secondary N) is 2. The molecule has 100 heavy (non-hydrogen) atoms. The number of halogens is 2. The zero-order chi connectivity index (χ0) is 69.7. The second-order valence-corrected chi connectivity index (χ2v) is 36.6. The summed E-state index contributed by atoms with van der Waals surface area (Å²) in [6.45, 7) is 6.11. The van der Waals surface area contributed by atoms with E-state index in [0.29, 0.717) is 125 Å². The van der Waals surface area contributed by atoms with Gasteiger partial charge in [0.25, 0.3) is 11.8 Å². The Morgan fingerprint density at radius 2 is 0.960 bits per heavy atom. The molecule has 0 radical (unpaired) electrons. The first-order valence-corrected chi connectivity index (χ1v) is 40.6. The summed E-state index contributed by atoms with van der Waals surface area (Å²) >= 11 is 12.9. The molecule has 4 aromatic rings. The van der Waals surface area contributed by atoms with Gasteiger partial charge in [-0.25, -0.2) is 16.8 Å². The van der Waals surface area contributed by atoms with E-state index >= 15 is 0 Å². The summed E-state index contributed by atoms with van der Waals surface area (Å²) in [5.74, 6) is 0.638. The zero-order valence-corrected chi connectivity index (χ0v) is 60.6. The minimum atomic E-state index is -3.99. The van der Waals surface area contributed by atoms with Crippen molar-refractivity contribution in [3.05, 3.63) is 116 Å². The van der Waals surface area contributed by atoms with Crippen LogP contribution in [-0.2, 0) is 83.6 Å². The first kappa shape index (κ1) is 70.0. The number of rotatable bonds is 6. The van der Waals surface area contributed by atoms with Crippen molar-refractivity contribution in [3.63, 3.8) is 0 Å². The smallest absolute Gasteiger partial charge is 0.270 e. The van der Waals surface area contributed by atoms with Crippen molar-refractivity contribution in [2.45, 2.75) is 186 Å². The van der Waals surface area contributed by atoms with Crippen LogP contribution in [0.25, 0.3) is 0 Å². The average molecular weight is 1450 g/mol. The van der Waals surface area contributed by atoms with E-state index in [2.05, 4.69) is 43.5 Å². The highest BCUT2D eigenvalue weighted by atomic mass is 35.5. The molecule has 2 spiro atoms. The molecule has 0 unspecified atom stereocenters. The molecule has 6 fully saturated rings. The highest BCUT2D eigenvalue weighted by Crippen LogP contribution is 2.52. The number of hydrogen-bond donors (Lipinski definition) is 4. The number of amides is 4. The van der Waals surface area contributed by atoms with Crippen LogP contribution >= 0.6 is 23.2 Å². The average Bonchev–Trinajstić information content (AvgIpc) is 1.52. The molecule has 4 aromatic carbocycles. The Hall–Kier alpha value is -5.72. The summed E-state index contributed by atoms with van der Waals surface area (Å²) in [6, 6.07) is 22.6. The van der Waals surface area contributed by atoms with E-state index in [0.717, 1.165) is 137 Å². The molecule has 4 saturated carbocycles. The molecule has 4 N–H and O–H groups in total. The van der Waals surface area contributed by atoms with Crippen LogP contribution in [0.5, 0.6) is 11.5 Å². The Balaban J connectivity index is 0.000000162. The van der Waals surface area contributed by atoms with Gasteiger partial charge < -0.3 is 48.8 Å². The fraction of sp³-hybridized carbons (Fsp3) is 0.632. The Labute approximate surface area is 597 Å². The Morgan fingerprint density at radius 1 is 0.540 bits per heavy atom. The maximum Gasteiger partial charge on any atom is 0.270 e. The molecule has 6 aliphatic heterocycles. The number of anilines is 2. The first-order chi connectivity index (χ1) is 47.9. The normalized spacial score (nSPS) is 33.0. The van der Waals surface area contributed by atoms with E-state index in [1.807, 2.05) is 12.1 Å². The lowest BCUT2D eigenvalue weighted by molar-refractivity contribution is -0.148. The van der Waals surface area contributed by atoms with Gasteiger partial charge >= 0.3 is 0 Å². The summed E-state index contributed by atoms with van der Waals surface area (Å²) < 4.78 is 82.4. The number of nitrogens with zero attached hydrogens (tertiary/aromatic N) is 4. The van der Waals surface area contributed by atoms with Gasteiger partial charge in [0.05, 0.1) is 60.1 Å². The van der Waals surface area contributed by atoms with Crippen molar-refractivity contribution >= 4 is 78.3 Å². The van der Waals surface area contributed by atoms with Gasteiger partial charge in [0.15, 0.2) is 11.2 Å². The van der Waals surface area contributed by atoms with Crippen molar-refractivity contribution in [2.75, 3.05) is 89.6 Å². The third kappa shape index (κ3) is 13.8. The number of sulfonamides is 2. The number of aliphatic hydroxyl groups is 2. The highest BCUT2D eigenvalue weighted by Gasteiger charge is 2.52. The van der Waals surface area contributed by atoms with Crippen LogP contribution in [0.4, 0.5) is 11.4 Å². The number of hydrogen-bond acceptors (Lipinski definition) is 16. The molecular weight excluding hydrogens is 1360 g/mol. The molecule has 12 aliphatic rings. The maximum atomic E-state index is 14.0. The second kappa shape index (κ2) is 27.4. The van der Waals surface area contributed by atoms with Crippen LogP contribution < -0.4 is 28.7 Å². The predicted octanol–water partition coefficient (Wildman–Crippen LogP) is 9.37. The molecule has 540 valence electrons. The molecule has 8 bridgehead atoms. The quantitative estimate of drug-likeness (QED) is 0.140. The Morgan fingerprint density at radius 3 is 1.35 bits per heavy atom. The third-order valence-electron chi connectivity index (χ3n) is 25.3. The fourth-order valence-electron chi connectivity index (χ4n) is 18.5. The number of benzene rings is 4. The first-order valence-electron chi connectivity index (χ1n) is 36.8. The largest absolute Gasteiger partial charge is 0.490 e. The van der Waals surface area contributed by atoms with Crippen LogP contribution in [0.15, 0.2) is 72.8 Å². The molecule has 6 aliphatic carbocycles. The molecule has 24 heteroatoms. The molecule has 20 nitrogen and oxygen atoms in total. The topological polar surface area (TPSA) is 251 Å². The minimum absolute atomic E-state index is 0.166. The van der Waals surface area contributed by atoms with Gasteiger partial charge in [-0.05, 0) is 246 Å². The van der Waals surface area contributed by atoms with E-state index in [1.165, 1.54) is 22.3 Å².